The standard InChI is InChI=1S/C24H27Cl2N3O4/c1-6-33-19-11-18-17(9-15(19)22(30)31)28-20(29(18)5)10-14-16(25)8-7-13(21(14)26)12-27-23(32)24(2,3)4/h7-9,11H,6,10,12H2,1-5H3,(H,27,32)(H,30,31). The molecule has 176 valence electrons. The van der Waals surface area contributed by atoms with Gasteiger partial charge >= 0.3 is 5.97 Å². The number of nitrogens with zero attached hydrogens (tertiary/aromatic N) is 2. The van der Waals surface area contributed by atoms with Crippen molar-refractivity contribution in [2.24, 2.45) is 12.5 Å². The molecule has 33 heavy (non-hydrogen) atoms. The molecule has 0 fully saturated rings. The van der Waals surface area contributed by atoms with E-state index < -0.39 is 11.4 Å². The van der Waals surface area contributed by atoms with Crippen LogP contribution in [0.3, 0.4) is 0 Å². The fraction of sp³-hybridized carbons (Fsp3) is 0.375. The molecule has 3 rings (SSSR count). The van der Waals surface area contributed by atoms with Crippen LogP contribution in [0.15, 0.2) is 24.3 Å². The molecule has 7 nitrogen and oxygen atoms in total. The molecule has 0 spiro atoms. The van der Waals surface area contributed by atoms with Crippen molar-refractivity contribution in [3.63, 3.8) is 0 Å². The van der Waals surface area contributed by atoms with Crippen molar-refractivity contribution in [1.29, 1.82) is 0 Å². The van der Waals surface area contributed by atoms with Crippen LogP contribution in [0.1, 0.15) is 55.0 Å². The van der Waals surface area contributed by atoms with Crippen molar-refractivity contribution in [3.05, 3.63) is 56.8 Å². The summed E-state index contributed by atoms with van der Waals surface area (Å²) in [4.78, 5) is 28.5. The molecule has 0 radical (unpaired) electrons. The largest absolute Gasteiger partial charge is 0.493 e. The van der Waals surface area contributed by atoms with E-state index in [0.717, 1.165) is 11.1 Å². The Balaban J connectivity index is 1.97. The summed E-state index contributed by atoms with van der Waals surface area (Å²) in [6, 6.07) is 6.73. The van der Waals surface area contributed by atoms with Gasteiger partial charge in [-0.15, -0.1) is 0 Å². The zero-order valence-corrected chi connectivity index (χ0v) is 20.8. The van der Waals surface area contributed by atoms with Crippen LogP contribution in [0.2, 0.25) is 10.0 Å². The minimum atomic E-state index is -1.08. The molecule has 3 aromatic rings. The number of rotatable bonds is 7. The monoisotopic (exact) mass is 491 g/mol. The number of carbonyl (C=O) groups is 2. The van der Waals surface area contributed by atoms with E-state index in [0.29, 0.717) is 45.7 Å². The number of halogens is 2. The number of aryl methyl sites for hydroxylation is 1. The number of carboxylic acids is 1. The summed E-state index contributed by atoms with van der Waals surface area (Å²) < 4.78 is 7.38. The van der Waals surface area contributed by atoms with Crippen molar-refractivity contribution < 1.29 is 19.4 Å². The lowest BCUT2D eigenvalue weighted by molar-refractivity contribution is -0.128. The van der Waals surface area contributed by atoms with Crippen LogP contribution in [0.5, 0.6) is 5.75 Å². The normalized spacial score (nSPS) is 11.6. The number of imidazole rings is 1. The van der Waals surface area contributed by atoms with Crippen LogP contribution in [0, 0.1) is 5.41 Å². The number of fused-ring (bicyclic) bond motifs is 1. The van der Waals surface area contributed by atoms with Gasteiger partial charge in [0, 0.05) is 36.5 Å². The number of ether oxygens (including phenoxy) is 1. The molecular formula is C24H27Cl2N3O4. The molecule has 0 atom stereocenters. The van der Waals surface area contributed by atoms with Crippen molar-refractivity contribution in [2.75, 3.05) is 6.61 Å². The molecule has 1 aromatic heterocycles. The van der Waals surface area contributed by atoms with Gasteiger partial charge in [0.1, 0.15) is 17.1 Å². The van der Waals surface area contributed by atoms with Gasteiger partial charge in [0.15, 0.2) is 0 Å². The molecule has 0 aliphatic heterocycles. The van der Waals surface area contributed by atoms with Gasteiger partial charge in [0.2, 0.25) is 5.91 Å². The number of nitrogens with one attached hydrogen (secondary N) is 1. The van der Waals surface area contributed by atoms with Crippen molar-refractivity contribution >= 4 is 46.1 Å². The molecule has 9 heteroatoms. The van der Waals surface area contributed by atoms with Gasteiger partial charge in [-0.25, -0.2) is 9.78 Å². The first kappa shape index (κ1) is 24.9. The number of carbonyl (C=O) groups excluding carboxylic acids is 1. The van der Waals surface area contributed by atoms with Gasteiger partial charge in [0.25, 0.3) is 0 Å². The maximum atomic E-state index is 12.2. The highest BCUT2D eigenvalue weighted by Crippen LogP contribution is 2.32. The maximum Gasteiger partial charge on any atom is 0.339 e. The second-order valence-electron chi connectivity index (χ2n) is 8.77. The van der Waals surface area contributed by atoms with E-state index in [1.54, 1.807) is 25.1 Å². The summed E-state index contributed by atoms with van der Waals surface area (Å²) >= 11 is 13.1. The van der Waals surface area contributed by atoms with Crippen molar-refractivity contribution in [2.45, 2.75) is 40.7 Å². The number of aromatic carboxylic acids is 1. The van der Waals surface area contributed by atoms with Crippen LogP contribution >= 0.6 is 23.2 Å². The van der Waals surface area contributed by atoms with Crippen molar-refractivity contribution in [1.82, 2.24) is 14.9 Å². The Morgan fingerprint density at radius 2 is 1.91 bits per heavy atom. The molecule has 0 bridgehead atoms. The van der Waals surface area contributed by atoms with Gasteiger partial charge in [-0.2, -0.15) is 0 Å². The van der Waals surface area contributed by atoms with Crippen molar-refractivity contribution in [3.8, 4) is 5.75 Å². The lowest BCUT2D eigenvalue weighted by atomic mass is 9.95. The Morgan fingerprint density at radius 1 is 1.21 bits per heavy atom. The van der Waals surface area contributed by atoms with Crippen LogP contribution < -0.4 is 10.1 Å². The minimum Gasteiger partial charge on any atom is -0.493 e. The van der Waals surface area contributed by atoms with Crippen LogP contribution in [-0.2, 0) is 24.8 Å². The first-order chi connectivity index (χ1) is 15.4. The third-order valence-electron chi connectivity index (χ3n) is 5.33. The Bertz CT molecular complexity index is 1230. The summed E-state index contributed by atoms with van der Waals surface area (Å²) in [5.41, 5.74) is 2.25. The van der Waals surface area contributed by atoms with E-state index in [1.807, 2.05) is 32.4 Å². The fourth-order valence-corrected chi connectivity index (χ4v) is 3.98. The van der Waals surface area contributed by atoms with Gasteiger partial charge in [0.05, 0.1) is 22.7 Å². The topological polar surface area (TPSA) is 93.5 Å². The number of carboxylic acid groups (broad SMARTS) is 1. The number of hydrogen-bond donors (Lipinski definition) is 2. The Kier molecular flexibility index (Phi) is 7.24. The molecule has 0 unspecified atom stereocenters. The van der Waals surface area contributed by atoms with Crippen LogP contribution in [0.25, 0.3) is 11.0 Å². The van der Waals surface area contributed by atoms with E-state index >= 15 is 0 Å². The number of hydrogen-bond acceptors (Lipinski definition) is 4. The van der Waals surface area contributed by atoms with E-state index in [2.05, 4.69) is 10.3 Å². The summed E-state index contributed by atoms with van der Waals surface area (Å²) in [7, 11) is 1.84. The number of amides is 1. The molecule has 1 heterocycles. The second-order valence-corrected chi connectivity index (χ2v) is 9.56. The molecule has 2 aromatic carbocycles. The van der Waals surface area contributed by atoms with E-state index in [9.17, 15) is 14.7 Å². The van der Waals surface area contributed by atoms with Gasteiger partial charge < -0.3 is 19.7 Å². The third kappa shape index (κ3) is 5.25. The van der Waals surface area contributed by atoms with Gasteiger partial charge in [-0.3, -0.25) is 4.79 Å². The molecule has 0 aliphatic carbocycles. The maximum absolute atomic E-state index is 12.2. The number of benzene rings is 2. The van der Waals surface area contributed by atoms with E-state index in [4.69, 9.17) is 27.9 Å². The minimum absolute atomic E-state index is 0.0571. The van der Waals surface area contributed by atoms with E-state index in [1.165, 1.54) is 6.07 Å². The Hall–Kier alpha value is -2.77. The predicted molar refractivity (Wildman–Crippen MR) is 129 cm³/mol. The Labute approximate surface area is 202 Å². The molecule has 1 amide bonds. The SMILES string of the molecule is CCOc1cc2c(cc1C(=O)O)nc(Cc1c(Cl)ccc(CNC(=O)C(C)(C)C)c1Cl)n2C. The highest BCUT2D eigenvalue weighted by atomic mass is 35.5. The predicted octanol–water partition coefficient (Wildman–Crippen LogP) is 5.23. The molecule has 0 aliphatic rings. The zero-order chi connectivity index (χ0) is 24.5. The molecule has 0 saturated carbocycles. The summed E-state index contributed by atoms with van der Waals surface area (Å²) in [5.74, 6) is -0.206. The lowest BCUT2D eigenvalue weighted by Gasteiger charge is -2.18. The number of aromatic nitrogens is 2. The zero-order valence-electron chi connectivity index (χ0n) is 19.3. The molecule has 2 N–H and O–H groups in total. The summed E-state index contributed by atoms with van der Waals surface area (Å²) in [6.07, 6.45) is 0.330. The van der Waals surface area contributed by atoms with Crippen LogP contribution in [-0.4, -0.2) is 33.1 Å². The quantitative estimate of drug-likeness (QED) is 0.471. The average molecular weight is 492 g/mol. The second kappa shape index (κ2) is 9.61. The summed E-state index contributed by atoms with van der Waals surface area (Å²) in [5, 5.41) is 13.4. The van der Waals surface area contributed by atoms with E-state index in [-0.39, 0.29) is 18.0 Å². The van der Waals surface area contributed by atoms with Crippen LogP contribution in [0.4, 0.5) is 0 Å². The Morgan fingerprint density at radius 3 is 2.52 bits per heavy atom. The average Bonchev–Trinajstić information content (AvgIpc) is 3.04. The van der Waals surface area contributed by atoms with Gasteiger partial charge in [-0.05, 0) is 30.2 Å². The highest BCUT2D eigenvalue weighted by Gasteiger charge is 2.22. The third-order valence-corrected chi connectivity index (χ3v) is 6.15. The first-order valence-corrected chi connectivity index (χ1v) is 11.3. The molecular weight excluding hydrogens is 465 g/mol. The molecule has 0 saturated heterocycles. The first-order valence-electron chi connectivity index (χ1n) is 10.5. The fourth-order valence-electron chi connectivity index (χ4n) is 3.41. The van der Waals surface area contributed by atoms with Gasteiger partial charge in [-0.1, -0.05) is 50.0 Å². The summed E-state index contributed by atoms with van der Waals surface area (Å²) in [6.45, 7) is 7.95. The highest BCUT2D eigenvalue weighted by molar-refractivity contribution is 6.36. The lowest BCUT2D eigenvalue weighted by Crippen LogP contribution is -2.34. The smallest absolute Gasteiger partial charge is 0.339 e.